The van der Waals surface area contributed by atoms with Crippen LogP contribution in [0.15, 0.2) is 103 Å². The number of nitriles is 2. The van der Waals surface area contributed by atoms with E-state index >= 15 is 0 Å². The van der Waals surface area contributed by atoms with E-state index < -0.39 is 5.97 Å². The van der Waals surface area contributed by atoms with Crippen LogP contribution in [-0.4, -0.2) is 33.3 Å². The molecular formula is C39H35N3O3. The summed E-state index contributed by atoms with van der Waals surface area (Å²) in [6.45, 7) is 0.866. The fraction of sp³-hybridized carbons (Fsp3) is 0.205. The molecular weight excluding hydrogens is 558 g/mol. The Hall–Kier alpha value is -5.77. The Bertz CT molecular complexity index is 1730. The Labute approximate surface area is 265 Å². The summed E-state index contributed by atoms with van der Waals surface area (Å²) >= 11 is 0. The second-order valence-electron chi connectivity index (χ2n) is 10.6. The Morgan fingerprint density at radius 3 is 1.78 bits per heavy atom. The third-order valence-electron chi connectivity index (χ3n) is 7.04. The largest absolute Gasteiger partial charge is 0.494 e. The molecule has 4 aromatic rings. The lowest BCUT2D eigenvalue weighted by atomic mass is 10.0. The number of carbonyl (C=O) groups excluding carboxylic acids is 1. The fourth-order valence-corrected chi connectivity index (χ4v) is 4.42. The molecule has 0 amide bonds. The minimum absolute atomic E-state index is 0.0339. The highest BCUT2D eigenvalue weighted by Gasteiger charge is 2.10. The number of rotatable bonds is 12. The molecule has 0 aliphatic heterocycles. The summed E-state index contributed by atoms with van der Waals surface area (Å²) in [6, 6.07) is 34.9. The third-order valence-corrected chi connectivity index (χ3v) is 7.04. The van der Waals surface area contributed by atoms with Crippen LogP contribution in [0.1, 0.15) is 47.9 Å². The quantitative estimate of drug-likeness (QED) is 0.0548. The fourth-order valence-electron chi connectivity index (χ4n) is 4.42. The standard InChI is InChI=1S/C39H35N3O3/c1-42(2)37-21-15-31(16-22-37)8-7-30-9-11-32(12-10-30)27-36(29-41)39(43)45-26-6-4-3-5-25-44-38-23-19-35(20-24-38)34-17-13-33(28-40)14-18-34/h9-24,27H,3-6,25-26H2,1-2H3/b36-27+. The van der Waals surface area contributed by atoms with Crippen molar-refractivity contribution >= 4 is 17.7 Å². The van der Waals surface area contributed by atoms with Crippen molar-refractivity contribution in [3.05, 3.63) is 125 Å². The predicted octanol–water partition coefficient (Wildman–Crippen LogP) is 7.78. The van der Waals surface area contributed by atoms with Gasteiger partial charge in [0.15, 0.2) is 0 Å². The zero-order valence-corrected chi connectivity index (χ0v) is 25.6. The van der Waals surface area contributed by atoms with Crippen LogP contribution in [0.5, 0.6) is 5.75 Å². The van der Waals surface area contributed by atoms with Crippen molar-refractivity contribution in [3.8, 4) is 40.9 Å². The van der Waals surface area contributed by atoms with Gasteiger partial charge in [-0.25, -0.2) is 4.79 Å². The summed E-state index contributed by atoms with van der Waals surface area (Å²) < 4.78 is 11.2. The SMILES string of the molecule is CN(C)c1ccc(C#Cc2ccc(/C=C(\C#N)C(=O)OCCCCCCOc3ccc(-c4ccc(C#N)cc4)cc3)cc2)cc1. The zero-order chi connectivity index (χ0) is 31.9. The molecule has 0 aliphatic rings. The van der Waals surface area contributed by atoms with E-state index in [0.717, 1.165) is 64.9 Å². The molecule has 224 valence electrons. The summed E-state index contributed by atoms with van der Waals surface area (Å²) in [5.74, 6) is 6.49. The van der Waals surface area contributed by atoms with Crippen LogP contribution < -0.4 is 9.64 Å². The molecule has 0 fully saturated rings. The van der Waals surface area contributed by atoms with Crippen molar-refractivity contribution in [2.24, 2.45) is 0 Å². The second-order valence-corrected chi connectivity index (χ2v) is 10.6. The van der Waals surface area contributed by atoms with Crippen molar-refractivity contribution in [2.75, 3.05) is 32.2 Å². The van der Waals surface area contributed by atoms with Gasteiger partial charge in [-0.1, -0.05) is 48.2 Å². The van der Waals surface area contributed by atoms with Crippen LogP contribution in [0.2, 0.25) is 0 Å². The molecule has 6 heteroatoms. The van der Waals surface area contributed by atoms with Crippen LogP contribution in [0.3, 0.4) is 0 Å². The Balaban J connectivity index is 1.13. The minimum Gasteiger partial charge on any atom is -0.494 e. The van der Waals surface area contributed by atoms with Gasteiger partial charge < -0.3 is 14.4 Å². The number of esters is 1. The Kier molecular flexibility index (Phi) is 12.0. The minimum atomic E-state index is -0.615. The van der Waals surface area contributed by atoms with E-state index in [1.165, 1.54) is 6.08 Å². The number of hydrogen-bond donors (Lipinski definition) is 0. The molecule has 0 heterocycles. The number of unbranched alkanes of at least 4 members (excludes halogenated alkanes) is 3. The van der Waals surface area contributed by atoms with Gasteiger partial charge in [0.2, 0.25) is 0 Å². The maximum atomic E-state index is 12.4. The van der Waals surface area contributed by atoms with E-state index in [1.54, 1.807) is 0 Å². The van der Waals surface area contributed by atoms with E-state index in [0.29, 0.717) is 12.2 Å². The summed E-state index contributed by atoms with van der Waals surface area (Å²) in [5.41, 5.74) is 6.34. The molecule has 0 saturated heterocycles. The van der Waals surface area contributed by atoms with Gasteiger partial charge in [0.05, 0.1) is 24.8 Å². The van der Waals surface area contributed by atoms with Crippen molar-refractivity contribution in [1.82, 2.24) is 0 Å². The van der Waals surface area contributed by atoms with Gasteiger partial charge in [0.25, 0.3) is 0 Å². The number of nitrogens with zero attached hydrogens (tertiary/aromatic N) is 3. The van der Waals surface area contributed by atoms with E-state index in [9.17, 15) is 10.1 Å². The first-order valence-electron chi connectivity index (χ1n) is 14.9. The first kappa shape index (κ1) is 32.2. The number of hydrogen-bond acceptors (Lipinski definition) is 6. The van der Waals surface area contributed by atoms with Gasteiger partial charge in [-0.15, -0.1) is 0 Å². The Morgan fingerprint density at radius 2 is 1.22 bits per heavy atom. The zero-order valence-electron chi connectivity index (χ0n) is 25.6. The molecule has 0 atom stereocenters. The van der Waals surface area contributed by atoms with E-state index in [2.05, 4.69) is 17.9 Å². The molecule has 4 aromatic carbocycles. The maximum absolute atomic E-state index is 12.4. The average molecular weight is 594 g/mol. The van der Waals surface area contributed by atoms with Crippen molar-refractivity contribution in [3.63, 3.8) is 0 Å². The molecule has 45 heavy (non-hydrogen) atoms. The van der Waals surface area contributed by atoms with E-state index in [1.807, 2.05) is 122 Å². The number of anilines is 1. The van der Waals surface area contributed by atoms with E-state index in [-0.39, 0.29) is 12.2 Å². The lowest BCUT2D eigenvalue weighted by molar-refractivity contribution is -0.138. The number of carbonyl (C=O) groups is 1. The number of benzene rings is 4. The summed E-state index contributed by atoms with van der Waals surface area (Å²) in [5, 5.41) is 18.4. The van der Waals surface area contributed by atoms with Gasteiger partial charge >= 0.3 is 5.97 Å². The summed E-state index contributed by atoms with van der Waals surface area (Å²) in [7, 11) is 4.00. The number of ether oxygens (including phenoxy) is 2. The maximum Gasteiger partial charge on any atom is 0.348 e. The highest BCUT2D eigenvalue weighted by atomic mass is 16.5. The monoisotopic (exact) mass is 593 g/mol. The topological polar surface area (TPSA) is 86.3 Å². The van der Waals surface area contributed by atoms with Gasteiger partial charge in [-0.3, -0.25) is 0 Å². The molecule has 0 unspecified atom stereocenters. The molecule has 0 spiro atoms. The third kappa shape index (κ3) is 10.2. The van der Waals surface area contributed by atoms with Gasteiger partial charge in [0, 0.05) is 30.9 Å². The van der Waals surface area contributed by atoms with Crippen LogP contribution in [0.25, 0.3) is 17.2 Å². The lowest BCUT2D eigenvalue weighted by Gasteiger charge is -2.11. The molecule has 0 aromatic heterocycles. The van der Waals surface area contributed by atoms with Gasteiger partial charge in [-0.2, -0.15) is 10.5 Å². The summed E-state index contributed by atoms with van der Waals surface area (Å²) in [6.07, 6.45) is 4.97. The first-order chi connectivity index (χ1) is 21.9. The highest BCUT2D eigenvalue weighted by molar-refractivity contribution is 5.97. The average Bonchev–Trinajstić information content (AvgIpc) is 3.08. The molecule has 6 nitrogen and oxygen atoms in total. The van der Waals surface area contributed by atoms with Crippen molar-refractivity contribution in [1.29, 1.82) is 10.5 Å². The molecule has 0 saturated carbocycles. The molecule has 4 rings (SSSR count). The van der Waals surface area contributed by atoms with Gasteiger partial charge in [0.1, 0.15) is 17.4 Å². The highest BCUT2D eigenvalue weighted by Crippen LogP contribution is 2.23. The van der Waals surface area contributed by atoms with Crippen LogP contribution >= 0.6 is 0 Å². The van der Waals surface area contributed by atoms with E-state index in [4.69, 9.17) is 14.7 Å². The predicted molar refractivity (Wildman–Crippen MR) is 178 cm³/mol. The molecule has 0 radical (unpaired) electrons. The van der Waals surface area contributed by atoms with Crippen molar-refractivity contribution in [2.45, 2.75) is 25.7 Å². The van der Waals surface area contributed by atoms with Crippen LogP contribution in [0.4, 0.5) is 5.69 Å². The molecule has 0 N–H and O–H groups in total. The molecule has 0 bridgehead atoms. The smallest absolute Gasteiger partial charge is 0.348 e. The van der Waals surface area contributed by atoms with Crippen molar-refractivity contribution < 1.29 is 14.3 Å². The molecule has 0 aliphatic carbocycles. The normalized spacial score (nSPS) is 10.5. The lowest BCUT2D eigenvalue weighted by Crippen LogP contribution is -2.08. The Morgan fingerprint density at radius 1 is 0.689 bits per heavy atom. The van der Waals surface area contributed by atoms with Gasteiger partial charge in [-0.05, 0) is 109 Å². The first-order valence-corrected chi connectivity index (χ1v) is 14.9. The second kappa shape index (κ2) is 16.8. The van der Waals surface area contributed by atoms with Crippen LogP contribution in [0, 0.1) is 34.5 Å². The van der Waals surface area contributed by atoms with Crippen LogP contribution in [-0.2, 0) is 9.53 Å². The summed E-state index contributed by atoms with van der Waals surface area (Å²) in [4.78, 5) is 14.5.